The second-order valence-electron chi connectivity index (χ2n) is 6.88. The molecule has 0 fully saturated rings. The van der Waals surface area contributed by atoms with Crippen molar-refractivity contribution in [3.63, 3.8) is 0 Å². The lowest BCUT2D eigenvalue weighted by Crippen LogP contribution is -2.46. The van der Waals surface area contributed by atoms with Gasteiger partial charge in [-0.3, -0.25) is 4.90 Å². The lowest BCUT2D eigenvalue weighted by atomic mass is 9.89. The highest BCUT2D eigenvalue weighted by molar-refractivity contribution is 5.45. The molecule has 1 atom stereocenters. The minimum absolute atomic E-state index is 0.176. The third-order valence-corrected chi connectivity index (χ3v) is 4.40. The van der Waals surface area contributed by atoms with Crippen molar-refractivity contribution in [2.75, 3.05) is 6.54 Å². The summed E-state index contributed by atoms with van der Waals surface area (Å²) < 4.78 is 6.02. The van der Waals surface area contributed by atoms with E-state index in [1.807, 2.05) is 24.3 Å². The highest BCUT2D eigenvalue weighted by Crippen LogP contribution is 2.39. The molecule has 1 unspecified atom stereocenters. The van der Waals surface area contributed by atoms with E-state index in [4.69, 9.17) is 4.74 Å². The Balaban J connectivity index is 1.93. The van der Waals surface area contributed by atoms with Crippen LogP contribution in [0.25, 0.3) is 0 Å². The van der Waals surface area contributed by atoms with Crippen LogP contribution in [0.1, 0.15) is 44.9 Å². The van der Waals surface area contributed by atoms with Gasteiger partial charge in [-0.2, -0.15) is 0 Å². The summed E-state index contributed by atoms with van der Waals surface area (Å²) in [5.41, 5.74) is 2.87. The van der Waals surface area contributed by atoms with E-state index in [0.717, 1.165) is 18.7 Å². The first kappa shape index (κ1) is 15.0. The molecular formula is C19H24N2O. The zero-order valence-electron chi connectivity index (χ0n) is 13.8. The molecule has 3 nitrogen and oxygen atoms in total. The van der Waals surface area contributed by atoms with Gasteiger partial charge in [0.1, 0.15) is 5.75 Å². The molecule has 1 aromatic heterocycles. The largest absolute Gasteiger partial charge is 0.439 e. The Bertz CT molecular complexity index is 646. The average Bonchev–Trinajstić information content (AvgIpc) is 2.48. The molecule has 0 aliphatic carbocycles. The summed E-state index contributed by atoms with van der Waals surface area (Å²) in [5, 5.41) is 0. The van der Waals surface area contributed by atoms with E-state index in [0.29, 0.717) is 11.9 Å². The van der Waals surface area contributed by atoms with Crippen LogP contribution in [-0.2, 0) is 6.42 Å². The topological polar surface area (TPSA) is 25.4 Å². The molecule has 0 saturated heterocycles. The quantitative estimate of drug-likeness (QED) is 0.810. The molecular weight excluding hydrogens is 272 g/mol. The highest BCUT2D eigenvalue weighted by atomic mass is 16.5. The second kappa shape index (κ2) is 5.73. The Morgan fingerprint density at radius 1 is 1.14 bits per heavy atom. The summed E-state index contributed by atoms with van der Waals surface area (Å²) in [6.07, 6.45) is 2.77. The van der Waals surface area contributed by atoms with Crippen LogP contribution < -0.4 is 4.74 Å². The van der Waals surface area contributed by atoms with Gasteiger partial charge in [-0.25, -0.2) is 4.98 Å². The molecule has 0 amide bonds. The van der Waals surface area contributed by atoms with Crippen LogP contribution in [0.15, 0.2) is 42.6 Å². The Morgan fingerprint density at radius 2 is 1.95 bits per heavy atom. The number of pyridine rings is 1. The third-order valence-electron chi connectivity index (χ3n) is 4.40. The van der Waals surface area contributed by atoms with E-state index in [1.54, 1.807) is 6.20 Å². The summed E-state index contributed by atoms with van der Waals surface area (Å²) in [4.78, 5) is 6.82. The van der Waals surface area contributed by atoms with Crippen LogP contribution in [0.3, 0.4) is 0 Å². The first-order valence-electron chi connectivity index (χ1n) is 7.94. The van der Waals surface area contributed by atoms with Crippen molar-refractivity contribution in [3.8, 4) is 11.6 Å². The molecule has 0 bridgehead atoms. The maximum atomic E-state index is 6.02. The van der Waals surface area contributed by atoms with E-state index in [2.05, 4.69) is 49.7 Å². The maximum absolute atomic E-state index is 6.02. The fourth-order valence-electron chi connectivity index (χ4n) is 3.37. The molecule has 0 radical (unpaired) electrons. The number of hydrogen-bond acceptors (Lipinski definition) is 3. The molecule has 0 N–H and O–H groups in total. The van der Waals surface area contributed by atoms with Gasteiger partial charge < -0.3 is 4.74 Å². The van der Waals surface area contributed by atoms with E-state index in [9.17, 15) is 0 Å². The lowest BCUT2D eigenvalue weighted by Gasteiger charge is -2.44. The summed E-state index contributed by atoms with van der Waals surface area (Å²) in [7, 11) is 0. The summed E-state index contributed by atoms with van der Waals surface area (Å²) in [6, 6.07) is 12.5. The van der Waals surface area contributed by atoms with Crippen molar-refractivity contribution in [3.05, 3.63) is 53.7 Å². The smallest absolute Gasteiger partial charge is 0.219 e. The zero-order valence-corrected chi connectivity index (χ0v) is 13.8. The van der Waals surface area contributed by atoms with E-state index in [1.165, 1.54) is 11.1 Å². The van der Waals surface area contributed by atoms with Crippen LogP contribution in [0, 0.1) is 0 Å². The highest BCUT2D eigenvalue weighted by Gasteiger charge is 2.32. The number of fused-ring (bicyclic) bond motifs is 1. The van der Waals surface area contributed by atoms with Gasteiger partial charge in [0.05, 0.1) is 0 Å². The van der Waals surface area contributed by atoms with Gasteiger partial charge in [0.15, 0.2) is 0 Å². The summed E-state index contributed by atoms with van der Waals surface area (Å²) in [6.45, 7) is 10.2. The maximum Gasteiger partial charge on any atom is 0.219 e. The molecule has 2 heterocycles. The number of hydrogen-bond donors (Lipinski definition) is 0. The first-order valence-corrected chi connectivity index (χ1v) is 7.94. The Morgan fingerprint density at radius 3 is 2.64 bits per heavy atom. The van der Waals surface area contributed by atoms with Crippen molar-refractivity contribution < 1.29 is 4.74 Å². The van der Waals surface area contributed by atoms with Crippen molar-refractivity contribution in [1.29, 1.82) is 0 Å². The van der Waals surface area contributed by atoms with Crippen molar-refractivity contribution in [1.82, 2.24) is 9.88 Å². The number of rotatable bonds is 2. The minimum Gasteiger partial charge on any atom is -0.439 e. The first-order chi connectivity index (χ1) is 10.5. The van der Waals surface area contributed by atoms with Crippen molar-refractivity contribution in [2.24, 2.45) is 0 Å². The van der Waals surface area contributed by atoms with E-state index >= 15 is 0 Å². The molecule has 2 aromatic rings. The fourth-order valence-corrected chi connectivity index (χ4v) is 3.37. The summed E-state index contributed by atoms with van der Waals surface area (Å²) >= 11 is 0. The Kier molecular flexibility index (Phi) is 3.92. The standard InChI is InChI=1S/C19H24N2O/c1-14-15-8-7-9-17(22-18-10-5-6-12-20-18)16(15)11-13-21(14)19(2,3)4/h5-10,12,14H,11,13H2,1-4H3. The van der Waals surface area contributed by atoms with Crippen LogP contribution in [0.2, 0.25) is 0 Å². The SMILES string of the molecule is CC1c2cccc(Oc3ccccn3)c2CCN1C(C)(C)C. The minimum atomic E-state index is 0.176. The van der Waals surface area contributed by atoms with Gasteiger partial charge in [0.2, 0.25) is 5.88 Å². The van der Waals surface area contributed by atoms with Crippen molar-refractivity contribution in [2.45, 2.75) is 45.7 Å². The molecule has 0 saturated carbocycles. The van der Waals surface area contributed by atoms with Crippen molar-refractivity contribution >= 4 is 0 Å². The Labute approximate surface area is 132 Å². The zero-order chi connectivity index (χ0) is 15.7. The molecule has 1 aliphatic rings. The lowest BCUT2D eigenvalue weighted by molar-refractivity contribution is 0.0818. The molecule has 3 heteroatoms. The van der Waals surface area contributed by atoms with Gasteiger partial charge in [-0.05, 0) is 51.8 Å². The molecule has 0 spiro atoms. The number of ether oxygens (including phenoxy) is 1. The summed E-state index contributed by atoms with van der Waals surface area (Å²) in [5.74, 6) is 1.60. The predicted octanol–water partition coefficient (Wildman–Crippen LogP) is 4.59. The van der Waals surface area contributed by atoms with E-state index < -0.39 is 0 Å². The van der Waals surface area contributed by atoms with Gasteiger partial charge in [0, 0.05) is 36.0 Å². The molecule has 22 heavy (non-hydrogen) atoms. The molecule has 1 aliphatic heterocycles. The van der Waals surface area contributed by atoms with Gasteiger partial charge in [0.25, 0.3) is 0 Å². The van der Waals surface area contributed by atoms with Gasteiger partial charge in [-0.15, -0.1) is 0 Å². The normalized spacial score (nSPS) is 18.8. The predicted molar refractivity (Wildman–Crippen MR) is 89.3 cm³/mol. The molecule has 3 rings (SSSR count). The van der Waals surface area contributed by atoms with Crippen LogP contribution >= 0.6 is 0 Å². The fraction of sp³-hybridized carbons (Fsp3) is 0.421. The van der Waals surface area contributed by atoms with Gasteiger partial charge >= 0.3 is 0 Å². The molecule has 1 aromatic carbocycles. The van der Waals surface area contributed by atoms with E-state index in [-0.39, 0.29) is 5.54 Å². The monoisotopic (exact) mass is 296 g/mol. The second-order valence-corrected chi connectivity index (χ2v) is 6.88. The van der Waals surface area contributed by atoms with Crippen LogP contribution in [0.5, 0.6) is 11.6 Å². The van der Waals surface area contributed by atoms with Crippen LogP contribution in [-0.4, -0.2) is 22.0 Å². The number of nitrogens with zero attached hydrogens (tertiary/aromatic N) is 2. The Hall–Kier alpha value is -1.87. The number of aromatic nitrogens is 1. The third kappa shape index (κ3) is 2.86. The van der Waals surface area contributed by atoms with Crippen LogP contribution in [0.4, 0.5) is 0 Å². The number of benzene rings is 1. The average molecular weight is 296 g/mol. The van der Waals surface area contributed by atoms with Gasteiger partial charge in [-0.1, -0.05) is 18.2 Å². The molecule has 116 valence electrons.